The molecule has 16 heteroatoms. The van der Waals surface area contributed by atoms with E-state index < -0.39 is 41.1 Å². The number of anilines is 1. The average Bonchev–Trinajstić information content (AvgIpc) is 3.38. The molecule has 1 aromatic carbocycles. The number of carbonyl (C=O) groups is 2. The van der Waals surface area contributed by atoms with Gasteiger partial charge in [-0.1, -0.05) is 17.7 Å². The Morgan fingerprint density at radius 2 is 2.02 bits per heavy atom. The first-order valence-electron chi connectivity index (χ1n) is 15.4. The molecule has 3 aromatic rings. The fourth-order valence-corrected chi connectivity index (χ4v) is 6.90. The van der Waals surface area contributed by atoms with Gasteiger partial charge >= 0.3 is 6.18 Å². The number of halogens is 4. The van der Waals surface area contributed by atoms with Crippen molar-refractivity contribution < 1.29 is 32.6 Å². The molecule has 0 saturated carbocycles. The third kappa shape index (κ3) is 6.56. The Hall–Kier alpha value is -4.63. The summed E-state index contributed by atoms with van der Waals surface area (Å²) in [5.41, 5.74) is -0.616. The molecule has 1 atom stereocenters. The lowest BCUT2D eigenvalue weighted by molar-refractivity contribution is -0.137. The van der Waals surface area contributed by atoms with Gasteiger partial charge in [0.25, 0.3) is 11.5 Å². The Morgan fingerprint density at radius 1 is 1.21 bits per heavy atom. The van der Waals surface area contributed by atoms with Crippen LogP contribution in [-0.2, 0) is 41.1 Å². The van der Waals surface area contributed by atoms with Crippen LogP contribution in [0, 0.1) is 0 Å². The number of piperidine rings is 1. The number of fused-ring (bicyclic) bond motifs is 2. The van der Waals surface area contributed by atoms with Crippen LogP contribution in [0.15, 0.2) is 47.4 Å². The third-order valence-electron chi connectivity index (χ3n) is 8.94. The maximum atomic E-state index is 14.6. The summed E-state index contributed by atoms with van der Waals surface area (Å²) in [5, 5.41) is 20.5. The molecule has 1 saturated heterocycles. The molecule has 254 valence electrons. The number of hydrogen-bond acceptors (Lipinski definition) is 7. The first kappa shape index (κ1) is 33.3. The molecule has 3 aliphatic rings. The van der Waals surface area contributed by atoms with Crippen LogP contribution in [0.4, 0.5) is 18.9 Å². The normalized spacial score (nSPS) is 19.1. The highest BCUT2D eigenvalue weighted by Crippen LogP contribution is 2.43. The Labute approximate surface area is 277 Å². The van der Waals surface area contributed by atoms with Crippen LogP contribution in [0.25, 0.3) is 5.57 Å². The standard InChI is InChI=1S/C32H33ClF3N7O5/c1-41-28(19-8-14-48-15-9-19)40-43(17-25(45)38-22-6-5-20(16-21(22)33)32(34,35)36)29(46)26-23(39-41)7-11-31(26)10-3-13-42(18-31)30(47)27-24(44)4-2-12-37-27/h2,4-6,8,12,16,39,44H,3,7,9-11,13-15,17-18H2,1H3,(H,38,45). The van der Waals surface area contributed by atoms with Gasteiger partial charge in [-0.25, -0.2) is 9.67 Å². The largest absolute Gasteiger partial charge is 0.505 e. The molecule has 48 heavy (non-hydrogen) atoms. The lowest BCUT2D eigenvalue weighted by Gasteiger charge is -2.40. The predicted molar refractivity (Wildman–Crippen MR) is 169 cm³/mol. The number of likely N-dealkylation sites (tertiary alicyclic amines) is 1. The van der Waals surface area contributed by atoms with E-state index >= 15 is 0 Å². The van der Waals surface area contributed by atoms with Crippen molar-refractivity contribution in [1.82, 2.24) is 29.4 Å². The molecule has 2 amide bonds. The lowest BCUT2D eigenvalue weighted by Crippen LogP contribution is -2.50. The van der Waals surface area contributed by atoms with Crippen molar-refractivity contribution >= 4 is 34.7 Å². The topological polar surface area (TPSA) is 147 Å². The molecule has 1 aliphatic carbocycles. The molecule has 2 aliphatic heterocycles. The molecule has 3 N–H and O–H groups in total. The van der Waals surface area contributed by atoms with Crippen LogP contribution >= 0.6 is 11.6 Å². The van der Waals surface area contributed by atoms with E-state index in [0.717, 1.165) is 22.4 Å². The average molecular weight is 688 g/mol. The molecule has 6 rings (SSSR count). The van der Waals surface area contributed by atoms with E-state index in [4.69, 9.17) is 16.3 Å². The van der Waals surface area contributed by atoms with Crippen molar-refractivity contribution in [3.8, 4) is 5.75 Å². The Kier molecular flexibility index (Phi) is 9.09. The molecule has 2 aromatic heterocycles. The lowest BCUT2D eigenvalue weighted by atomic mass is 9.75. The second kappa shape index (κ2) is 13.1. The fourth-order valence-electron chi connectivity index (χ4n) is 6.67. The number of carbonyl (C=O) groups excluding carboxylic acids is 2. The van der Waals surface area contributed by atoms with Crippen molar-refractivity contribution in [3.05, 3.63) is 86.3 Å². The van der Waals surface area contributed by atoms with Crippen molar-refractivity contribution in [1.29, 1.82) is 0 Å². The van der Waals surface area contributed by atoms with Gasteiger partial charge in [0.05, 0.1) is 29.5 Å². The minimum Gasteiger partial charge on any atom is -0.505 e. The monoisotopic (exact) mass is 687 g/mol. The summed E-state index contributed by atoms with van der Waals surface area (Å²) in [6.45, 7) is 0.786. The second-order valence-corrected chi connectivity index (χ2v) is 12.5. The number of nitrogens with one attached hydrogen (secondary N) is 2. The van der Waals surface area contributed by atoms with E-state index in [1.165, 1.54) is 18.3 Å². The fraction of sp³-hybridized carbons (Fsp3) is 0.406. The molecule has 1 spiro atoms. The van der Waals surface area contributed by atoms with Gasteiger partial charge in [0, 0.05) is 43.0 Å². The molecule has 0 radical (unpaired) electrons. The highest BCUT2D eigenvalue weighted by atomic mass is 35.5. The number of aromatic hydroxyl groups is 1. The maximum Gasteiger partial charge on any atom is 0.416 e. The van der Waals surface area contributed by atoms with E-state index in [9.17, 15) is 32.7 Å². The Balaban J connectivity index is 1.41. The number of aryl methyl sites for hydroxylation is 2. The highest BCUT2D eigenvalue weighted by molar-refractivity contribution is 6.33. The summed E-state index contributed by atoms with van der Waals surface area (Å²) < 4.78 is 47.7. The number of ether oxygens (including phenoxy) is 1. The van der Waals surface area contributed by atoms with E-state index in [-0.39, 0.29) is 28.7 Å². The molecule has 4 heterocycles. The number of rotatable bonds is 5. The summed E-state index contributed by atoms with van der Waals surface area (Å²) in [7, 11) is 1.75. The van der Waals surface area contributed by atoms with E-state index in [0.29, 0.717) is 75.0 Å². The first-order valence-corrected chi connectivity index (χ1v) is 15.8. The zero-order chi connectivity index (χ0) is 34.2. The minimum atomic E-state index is -4.62. The number of H-pyrrole nitrogens is 1. The summed E-state index contributed by atoms with van der Waals surface area (Å²) in [5.74, 6) is -1.04. The predicted octanol–water partition coefficient (Wildman–Crippen LogP) is 4.37. The molecule has 1 fully saturated rings. The maximum absolute atomic E-state index is 14.6. The molecule has 12 nitrogen and oxygen atoms in total. The number of benzene rings is 1. The van der Waals surface area contributed by atoms with Crippen LogP contribution in [0.5, 0.6) is 5.75 Å². The number of amides is 2. The number of pyridine rings is 1. The van der Waals surface area contributed by atoms with Gasteiger partial charge in [-0.2, -0.15) is 13.2 Å². The van der Waals surface area contributed by atoms with Gasteiger partial charge in [-0.15, -0.1) is 5.10 Å². The van der Waals surface area contributed by atoms with Gasteiger partial charge in [0.15, 0.2) is 11.5 Å². The minimum absolute atomic E-state index is 0.0549. The zero-order valence-electron chi connectivity index (χ0n) is 25.9. The summed E-state index contributed by atoms with van der Waals surface area (Å²) in [4.78, 5) is 47.1. The van der Waals surface area contributed by atoms with Crippen LogP contribution in [0.2, 0.25) is 5.02 Å². The van der Waals surface area contributed by atoms with Gasteiger partial charge in [0.2, 0.25) is 5.91 Å². The molecule has 0 bridgehead atoms. The summed E-state index contributed by atoms with van der Waals surface area (Å²) in [6, 6.07) is 5.48. The van der Waals surface area contributed by atoms with Crippen molar-refractivity contribution in [2.75, 3.05) is 31.6 Å². The molecule has 1 unspecified atom stereocenters. The van der Waals surface area contributed by atoms with Crippen LogP contribution in [0.1, 0.15) is 58.8 Å². The Bertz CT molecular complexity index is 1920. The number of aromatic nitrogens is 5. The van der Waals surface area contributed by atoms with Crippen LogP contribution < -0.4 is 10.9 Å². The van der Waals surface area contributed by atoms with E-state index in [1.807, 2.05) is 6.08 Å². The first-order chi connectivity index (χ1) is 22.9. The van der Waals surface area contributed by atoms with Gasteiger partial charge in [-0.05, 0) is 68.0 Å². The SMILES string of the molecule is Cn1[nH]c2c(c(=O)n(CC(=O)Nc3ccc(C(F)(F)F)cc3Cl)nc1C1=CCOCC1)C1(CCCN(C(=O)c3ncccc3O)C1)CC2. The van der Waals surface area contributed by atoms with Gasteiger partial charge < -0.3 is 25.2 Å². The van der Waals surface area contributed by atoms with E-state index in [1.54, 1.807) is 16.6 Å². The molecular weight excluding hydrogens is 655 g/mol. The number of alkyl halides is 3. The second-order valence-electron chi connectivity index (χ2n) is 12.1. The third-order valence-corrected chi connectivity index (χ3v) is 9.25. The molecular formula is C32H33ClF3N7O5. The quantitative estimate of drug-likeness (QED) is 0.361. The Morgan fingerprint density at radius 3 is 2.73 bits per heavy atom. The number of hydrogen-bond donors (Lipinski definition) is 3. The number of aromatic amines is 1. The van der Waals surface area contributed by atoms with Gasteiger partial charge in [-0.3, -0.25) is 19.1 Å². The summed E-state index contributed by atoms with van der Waals surface area (Å²) in [6.07, 6.45) is 1.34. The van der Waals surface area contributed by atoms with Gasteiger partial charge in [0.1, 0.15) is 12.3 Å². The van der Waals surface area contributed by atoms with Crippen LogP contribution in [0.3, 0.4) is 0 Å². The van der Waals surface area contributed by atoms with E-state index in [2.05, 4.69) is 20.5 Å². The van der Waals surface area contributed by atoms with Crippen molar-refractivity contribution in [3.63, 3.8) is 0 Å². The van der Waals surface area contributed by atoms with Crippen molar-refractivity contribution in [2.24, 2.45) is 7.05 Å². The van der Waals surface area contributed by atoms with Crippen molar-refractivity contribution in [2.45, 2.75) is 50.2 Å². The zero-order valence-corrected chi connectivity index (χ0v) is 26.7. The number of nitrogens with zero attached hydrogens (tertiary/aromatic N) is 5. The smallest absolute Gasteiger partial charge is 0.416 e. The summed E-state index contributed by atoms with van der Waals surface area (Å²) >= 11 is 6.09. The highest BCUT2D eigenvalue weighted by Gasteiger charge is 2.46. The van der Waals surface area contributed by atoms with Crippen LogP contribution in [-0.4, -0.2) is 72.7 Å².